The van der Waals surface area contributed by atoms with Gasteiger partial charge in [-0.3, -0.25) is 0 Å². The van der Waals surface area contributed by atoms with E-state index in [9.17, 15) is 0 Å². The maximum atomic E-state index is 3.83. The summed E-state index contributed by atoms with van der Waals surface area (Å²) in [7, 11) is 0. The highest BCUT2D eigenvalue weighted by molar-refractivity contribution is 5.74. The Morgan fingerprint density at radius 2 is 1.12 bits per heavy atom. The molecule has 0 bridgehead atoms. The molecule has 0 nitrogen and oxygen atoms in total. The van der Waals surface area contributed by atoms with Gasteiger partial charge in [0, 0.05) is 0 Å². The van der Waals surface area contributed by atoms with Crippen molar-refractivity contribution in [3.63, 3.8) is 0 Å². The number of benzene rings is 1. The Labute approximate surface area is 98.3 Å². The van der Waals surface area contributed by atoms with Crippen molar-refractivity contribution in [1.29, 1.82) is 0 Å². The van der Waals surface area contributed by atoms with Crippen LogP contribution in [-0.4, -0.2) is 0 Å². The van der Waals surface area contributed by atoms with Gasteiger partial charge in [-0.25, -0.2) is 0 Å². The van der Waals surface area contributed by atoms with Crippen molar-refractivity contribution in [2.24, 2.45) is 0 Å². The molecule has 0 saturated heterocycles. The molecule has 82 valence electrons. The average molecular weight is 210 g/mol. The molecule has 0 aliphatic heterocycles. The van der Waals surface area contributed by atoms with E-state index in [0.717, 1.165) is 11.1 Å². The molecule has 0 aromatic heterocycles. The highest BCUT2D eigenvalue weighted by atomic mass is 14.1. The fourth-order valence-electron chi connectivity index (χ4n) is 1.67. The Morgan fingerprint density at radius 1 is 0.750 bits per heavy atom. The monoisotopic (exact) mass is 210 g/mol. The molecule has 0 unspecified atom stereocenters. The molecule has 0 radical (unpaired) electrons. The quantitative estimate of drug-likeness (QED) is 0.653. The minimum Gasteiger partial charge on any atom is -0.0984 e. The largest absolute Gasteiger partial charge is 0.0984 e. The third kappa shape index (κ3) is 2.60. The van der Waals surface area contributed by atoms with Crippen molar-refractivity contribution in [2.45, 2.75) is 13.8 Å². The summed E-state index contributed by atoms with van der Waals surface area (Å²) in [5.74, 6) is 0. The smallest absolute Gasteiger partial charge is 0.0181 e. The number of hydrogen-bond donors (Lipinski definition) is 0. The summed E-state index contributed by atoms with van der Waals surface area (Å²) >= 11 is 0. The van der Waals surface area contributed by atoms with E-state index in [1.807, 2.05) is 38.2 Å². The first-order chi connectivity index (χ1) is 7.76. The van der Waals surface area contributed by atoms with Crippen LogP contribution in [0.25, 0.3) is 24.3 Å². The SMILES string of the molecule is C=Cc1cc(/C=C\C)c(/C=C\C)cc1C=C. The van der Waals surface area contributed by atoms with Crippen LogP contribution in [0.2, 0.25) is 0 Å². The second kappa shape index (κ2) is 5.92. The van der Waals surface area contributed by atoms with E-state index in [0.29, 0.717) is 0 Å². The van der Waals surface area contributed by atoms with E-state index in [2.05, 4.69) is 37.4 Å². The molecule has 0 N–H and O–H groups in total. The number of rotatable bonds is 4. The molecule has 0 fully saturated rings. The van der Waals surface area contributed by atoms with Crippen LogP contribution in [-0.2, 0) is 0 Å². The maximum Gasteiger partial charge on any atom is -0.0181 e. The topological polar surface area (TPSA) is 0 Å². The highest BCUT2D eigenvalue weighted by Gasteiger charge is 2.01. The van der Waals surface area contributed by atoms with Crippen molar-refractivity contribution < 1.29 is 0 Å². The molecule has 0 amide bonds. The van der Waals surface area contributed by atoms with Gasteiger partial charge in [0.15, 0.2) is 0 Å². The van der Waals surface area contributed by atoms with E-state index >= 15 is 0 Å². The fourth-order valence-corrected chi connectivity index (χ4v) is 1.67. The summed E-state index contributed by atoms with van der Waals surface area (Å²) in [6, 6.07) is 4.28. The van der Waals surface area contributed by atoms with E-state index in [1.165, 1.54) is 11.1 Å². The zero-order valence-electron chi connectivity index (χ0n) is 10.0. The Hall–Kier alpha value is -1.82. The predicted octanol–water partition coefficient (Wildman–Crippen LogP) is 5.04. The van der Waals surface area contributed by atoms with E-state index in [4.69, 9.17) is 0 Å². The van der Waals surface area contributed by atoms with Crippen LogP contribution in [0.4, 0.5) is 0 Å². The second-order valence-electron chi connectivity index (χ2n) is 3.52. The molecule has 16 heavy (non-hydrogen) atoms. The lowest BCUT2D eigenvalue weighted by molar-refractivity contribution is 1.54. The molecule has 0 heterocycles. The maximum absolute atomic E-state index is 3.83. The zero-order valence-corrected chi connectivity index (χ0v) is 10.0. The lowest BCUT2D eigenvalue weighted by atomic mass is 9.97. The van der Waals surface area contributed by atoms with Crippen LogP contribution >= 0.6 is 0 Å². The summed E-state index contributed by atoms with van der Waals surface area (Å²) in [5, 5.41) is 0. The average Bonchev–Trinajstić information content (AvgIpc) is 2.31. The van der Waals surface area contributed by atoms with Gasteiger partial charge in [-0.2, -0.15) is 0 Å². The van der Waals surface area contributed by atoms with Crippen LogP contribution in [0.5, 0.6) is 0 Å². The van der Waals surface area contributed by atoms with Gasteiger partial charge in [0.05, 0.1) is 0 Å². The normalized spacial score (nSPS) is 11.1. The van der Waals surface area contributed by atoms with E-state index in [1.54, 1.807) is 0 Å². The van der Waals surface area contributed by atoms with Gasteiger partial charge in [0.2, 0.25) is 0 Å². The van der Waals surface area contributed by atoms with Crippen molar-refractivity contribution in [1.82, 2.24) is 0 Å². The van der Waals surface area contributed by atoms with E-state index < -0.39 is 0 Å². The molecular weight excluding hydrogens is 192 g/mol. The minimum absolute atomic E-state index is 1.12. The van der Waals surface area contributed by atoms with Crippen LogP contribution in [0.1, 0.15) is 36.1 Å². The standard InChI is InChI=1S/C16H18/c1-5-9-15-11-13(7-3)14(8-4)12-16(15)10-6-2/h5-12H,3-4H2,1-2H3/b9-5-,10-6-. The zero-order chi connectivity index (χ0) is 12.0. The van der Waals surface area contributed by atoms with Crippen LogP contribution in [0, 0.1) is 0 Å². The molecule has 0 atom stereocenters. The van der Waals surface area contributed by atoms with Crippen molar-refractivity contribution in [2.75, 3.05) is 0 Å². The number of allylic oxidation sites excluding steroid dienone is 2. The lowest BCUT2D eigenvalue weighted by Gasteiger charge is -2.07. The molecule has 1 rings (SSSR count). The second-order valence-corrected chi connectivity index (χ2v) is 3.52. The van der Waals surface area contributed by atoms with Crippen LogP contribution < -0.4 is 0 Å². The Bertz CT molecular complexity index is 402. The predicted molar refractivity (Wildman–Crippen MR) is 76.0 cm³/mol. The highest BCUT2D eigenvalue weighted by Crippen LogP contribution is 2.22. The molecule has 0 aliphatic rings. The van der Waals surface area contributed by atoms with E-state index in [-0.39, 0.29) is 0 Å². The van der Waals surface area contributed by atoms with Crippen LogP contribution in [0.15, 0.2) is 37.4 Å². The lowest BCUT2D eigenvalue weighted by Crippen LogP contribution is -1.87. The fraction of sp³-hybridized carbons (Fsp3) is 0.125. The molecular formula is C16H18. The summed E-state index contributed by atoms with van der Waals surface area (Å²) in [4.78, 5) is 0. The van der Waals surface area contributed by atoms with Gasteiger partial charge < -0.3 is 0 Å². The molecule has 0 heteroatoms. The molecule has 1 aromatic rings. The molecule has 0 aliphatic carbocycles. The summed E-state index contributed by atoms with van der Waals surface area (Å²) in [6.07, 6.45) is 12.0. The summed E-state index contributed by atoms with van der Waals surface area (Å²) in [6.45, 7) is 11.7. The van der Waals surface area contributed by atoms with Crippen molar-refractivity contribution in [3.05, 3.63) is 59.7 Å². The Kier molecular flexibility index (Phi) is 4.53. The Morgan fingerprint density at radius 3 is 1.38 bits per heavy atom. The van der Waals surface area contributed by atoms with Gasteiger partial charge in [-0.05, 0) is 48.2 Å². The molecule has 0 saturated carbocycles. The van der Waals surface area contributed by atoms with Crippen LogP contribution in [0.3, 0.4) is 0 Å². The van der Waals surface area contributed by atoms with Gasteiger partial charge in [0.25, 0.3) is 0 Å². The van der Waals surface area contributed by atoms with Crippen molar-refractivity contribution >= 4 is 24.3 Å². The first kappa shape index (κ1) is 12.3. The van der Waals surface area contributed by atoms with Gasteiger partial charge in [-0.15, -0.1) is 0 Å². The molecule has 1 aromatic carbocycles. The third-order valence-electron chi connectivity index (χ3n) is 2.42. The third-order valence-corrected chi connectivity index (χ3v) is 2.42. The summed E-state index contributed by atoms with van der Waals surface area (Å²) < 4.78 is 0. The Balaban J connectivity index is 3.46. The van der Waals surface area contributed by atoms with Gasteiger partial charge >= 0.3 is 0 Å². The number of hydrogen-bond acceptors (Lipinski definition) is 0. The minimum atomic E-state index is 1.12. The van der Waals surface area contributed by atoms with Crippen molar-refractivity contribution in [3.8, 4) is 0 Å². The van der Waals surface area contributed by atoms with Gasteiger partial charge in [0.1, 0.15) is 0 Å². The molecule has 0 spiro atoms. The first-order valence-corrected chi connectivity index (χ1v) is 5.45. The summed E-state index contributed by atoms with van der Waals surface area (Å²) in [5.41, 5.74) is 4.66. The first-order valence-electron chi connectivity index (χ1n) is 5.45. The van der Waals surface area contributed by atoms with Gasteiger partial charge in [-0.1, -0.05) is 49.6 Å².